The molecule has 0 aliphatic rings. The lowest BCUT2D eigenvalue weighted by Gasteiger charge is -2.08. The minimum absolute atomic E-state index is 0.0636. The van der Waals surface area contributed by atoms with Crippen LogP contribution in [0.5, 0.6) is 0 Å². The molecular formula is C12H16N2O4. The van der Waals surface area contributed by atoms with E-state index in [2.05, 4.69) is 10.9 Å². The van der Waals surface area contributed by atoms with Crippen molar-refractivity contribution in [2.24, 2.45) is 0 Å². The zero-order valence-electron chi connectivity index (χ0n) is 9.89. The fourth-order valence-electron chi connectivity index (χ4n) is 1.18. The van der Waals surface area contributed by atoms with Crippen molar-refractivity contribution >= 4 is 12.0 Å². The van der Waals surface area contributed by atoms with Crippen LogP contribution < -0.4 is 10.9 Å². The highest BCUT2D eigenvalue weighted by Crippen LogP contribution is 2.00. The predicted molar refractivity (Wildman–Crippen MR) is 64.2 cm³/mol. The lowest BCUT2D eigenvalue weighted by molar-refractivity contribution is -0.122. The summed E-state index contributed by atoms with van der Waals surface area (Å²) < 4.78 is 4.87. The number of ether oxygens (including phenoxy) is 1. The molecule has 0 heterocycles. The predicted octanol–water partition coefficient (Wildman–Crippen LogP) is 0.716. The van der Waals surface area contributed by atoms with Crippen molar-refractivity contribution in [3.8, 4) is 0 Å². The molecule has 1 aromatic rings. The van der Waals surface area contributed by atoms with Crippen molar-refractivity contribution in [3.63, 3.8) is 0 Å². The first-order valence-electron chi connectivity index (χ1n) is 5.59. The largest absolute Gasteiger partial charge is 0.443 e. The van der Waals surface area contributed by atoms with Gasteiger partial charge in [0, 0.05) is 13.0 Å². The molecule has 6 nitrogen and oxygen atoms in total. The van der Waals surface area contributed by atoms with Crippen LogP contribution in [0.15, 0.2) is 30.3 Å². The fraction of sp³-hybridized carbons (Fsp3) is 0.333. The number of carbonyl (C=O) groups excluding carboxylic acids is 2. The van der Waals surface area contributed by atoms with Crippen molar-refractivity contribution in [2.75, 3.05) is 6.61 Å². The molecular weight excluding hydrogens is 236 g/mol. The molecule has 1 aromatic carbocycles. The normalized spacial score (nSPS) is 9.61. The van der Waals surface area contributed by atoms with Gasteiger partial charge in [-0.25, -0.2) is 10.2 Å². The fourth-order valence-corrected chi connectivity index (χ4v) is 1.18. The van der Waals surface area contributed by atoms with Crippen LogP contribution in [0.1, 0.15) is 18.4 Å². The number of hydrazine groups is 1. The Morgan fingerprint density at radius 2 is 1.89 bits per heavy atom. The van der Waals surface area contributed by atoms with Crippen LogP contribution in [-0.2, 0) is 16.1 Å². The van der Waals surface area contributed by atoms with Crippen molar-refractivity contribution < 1.29 is 19.4 Å². The van der Waals surface area contributed by atoms with E-state index in [-0.39, 0.29) is 25.5 Å². The van der Waals surface area contributed by atoms with Crippen LogP contribution >= 0.6 is 0 Å². The van der Waals surface area contributed by atoms with Gasteiger partial charge in [0.1, 0.15) is 6.61 Å². The summed E-state index contributed by atoms with van der Waals surface area (Å²) in [7, 11) is 0. The molecule has 0 bridgehead atoms. The second-order valence-electron chi connectivity index (χ2n) is 3.56. The van der Waals surface area contributed by atoms with Gasteiger partial charge in [-0.05, 0) is 12.0 Å². The Morgan fingerprint density at radius 1 is 1.17 bits per heavy atom. The van der Waals surface area contributed by atoms with E-state index >= 15 is 0 Å². The third kappa shape index (κ3) is 5.86. The minimum atomic E-state index is -0.726. The van der Waals surface area contributed by atoms with Crippen LogP contribution in [-0.4, -0.2) is 23.7 Å². The number of benzene rings is 1. The van der Waals surface area contributed by atoms with E-state index in [1.54, 1.807) is 0 Å². The molecule has 0 fully saturated rings. The number of hydrogen-bond acceptors (Lipinski definition) is 4. The number of aliphatic hydroxyl groups is 1. The first-order chi connectivity index (χ1) is 8.72. The van der Waals surface area contributed by atoms with Crippen LogP contribution in [0.2, 0.25) is 0 Å². The monoisotopic (exact) mass is 252 g/mol. The van der Waals surface area contributed by atoms with Gasteiger partial charge >= 0.3 is 6.09 Å². The Labute approximate surface area is 105 Å². The molecule has 0 aromatic heterocycles. The topological polar surface area (TPSA) is 87.7 Å². The van der Waals surface area contributed by atoms with E-state index in [9.17, 15) is 9.59 Å². The quantitative estimate of drug-likeness (QED) is 0.674. The first-order valence-corrected chi connectivity index (χ1v) is 5.59. The summed E-state index contributed by atoms with van der Waals surface area (Å²) in [4.78, 5) is 22.3. The standard InChI is InChI=1S/C12H16N2O4/c15-8-4-7-11(16)13-14-12(17)18-9-10-5-2-1-3-6-10/h1-3,5-6,15H,4,7-9H2,(H,13,16)(H,14,17). The van der Waals surface area contributed by atoms with Crippen LogP contribution in [0.25, 0.3) is 0 Å². The molecule has 98 valence electrons. The van der Waals surface area contributed by atoms with Crippen molar-refractivity contribution in [1.29, 1.82) is 0 Å². The van der Waals surface area contributed by atoms with Crippen molar-refractivity contribution in [3.05, 3.63) is 35.9 Å². The summed E-state index contributed by atoms with van der Waals surface area (Å²) in [5.74, 6) is -0.374. The Kier molecular flexibility index (Phi) is 6.27. The second-order valence-corrected chi connectivity index (χ2v) is 3.56. The van der Waals surface area contributed by atoms with Crippen LogP contribution in [0, 0.1) is 0 Å². The lowest BCUT2D eigenvalue weighted by atomic mass is 10.2. The molecule has 1 rings (SSSR count). The highest BCUT2D eigenvalue weighted by atomic mass is 16.6. The molecule has 0 aliphatic carbocycles. The maximum absolute atomic E-state index is 11.2. The van der Waals surface area contributed by atoms with Crippen LogP contribution in [0.4, 0.5) is 4.79 Å². The molecule has 0 radical (unpaired) electrons. The van der Waals surface area contributed by atoms with Gasteiger partial charge in [0.05, 0.1) is 0 Å². The molecule has 18 heavy (non-hydrogen) atoms. The maximum atomic E-state index is 11.2. The number of amides is 2. The summed E-state index contributed by atoms with van der Waals surface area (Å²) in [6.45, 7) is 0.0745. The van der Waals surface area contributed by atoms with Gasteiger partial charge in [-0.2, -0.15) is 0 Å². The smallest absolute Gasteiger partial charge is 0.426 e. The summed E-state index contributed by atoms with van der Waals surface area (Å²) in [6.07, 6.45) is -0.224. The molecule has 0 atom stereocenters. The van der Waals surface area contributed by atoms with E-state index in [1.165, 1.54) is 0 Å². The number of rotatable bonds is 5. The minimum Gasteiger partial charge on any atom is -0.443 e. The number of aliphatic hydroxyl groups excluding tert-OH is 1. The van der Waals surface area contributed by atoms with Gasteiger partial charge in [0.25, 0.3) is 0 Å². The summed E-state index contributed by atoms with van der Waals surface area (Å²) >= 11 is 0. The Bertz CT molecular complexity index is 381. The third-order valence-electron chi connectivity index (χ3n) is 2.08. The Hall–Kier alpha value is -2.08. The molecule has 0 saturated heterocycles. The molecule has 3 N–H and O–H groups in total. The lowest BCUT2D eigenvalue weighted by Crippen LogP contribution is -2.41. The zero-order chi connectivity index (χ0) is 13.2. The van der Waals surface area contributed by atoms with Gasteiger partial charge in [-0.15, -0.1) is 0 Å². The van der Waals surface area contributed by atoms with E-state index in [1.807, 2.05) is 30.3 Å². The molecule has 6 heteroatoms. The van der Waals surface area contributed by atoms with E-state index in [4.69, 9.17) is 9.84 Å². The average molecular weight is 252 g/mol. The van der Waals surface area contributed by atoms with Gasteiger partial charge in [-0.3, -0.25) is 10.2 Å². The highest BCUT2D eigenvalue weighted by Gasteiger charge is 2.04. The Balaban J connectivity index is 2.16. The summed E-state index contributed by atoms with van der Waals surface area (Å²) in [5.41, 5.74) is 5.16. The molecule has 0 aliphatic heterocycles. The summed E-state index contributed by atoms with van der Waals surface area (Å²) in [5, 5.41) is 8.51. The number of nitrogens with one attached hydrogen (secondary N) is 2. The van der Waals surface area contributed by atoms with E-state index in [0.717, 1.165) is 5.56 Å². The SMILES string of the molecule is O=C(CCCO)NNC(=O)OCc1ccccc1. The first kappa shape index (κ1) is 14.0. The molecule has 0 spiro atoms. The van der Waals surface area contributed by atoms with Gasteiger partial charge < -0.3 is 9.84 Å². The second kappa shape index (κ2) is 8.08. The molecule has 0 saturated carbocycles. The maximum Gasteiger partial charge on any atom is 0.426 e. The number of hydrogen-bond donors (Lipinski definition) is 3. The van der Waals surface area contributed by atoms with Gasteiger partial charge in [0.2, 0.25) is 5.91 Å². The summed E-state index contributed by atoms with van der Waals surface area (Å²) in [6, 6.07) is 9.20. The zero-order valence-corrected chi connectivity index (χ0v) is 9.89. The van der Waals surface area contributed by atoms with Crippen molar-refractivity contribution in [2.45, 2.75) is 19.4 Å². The third-order valence-corrected chi connectivity index (χ3v) is 2.08. The average Bonchev–Trinajstić information content (AvgIpc) is 2.41. The van der Waals surface area contributed by atoms with E-state index in [0.29, 0.717) is 6.42 Å². The van der Waals surface area contributed by atoms with Gasteiger partial charge in [-0.1, -0.05) is 30.3 Å². The van der Waals surface area contributed by atoms with Crippen molar-refractivity contribution in [1.82, 2.24) is 10.9 Å². The van der Waals surface area contributed by atoms with E-state index < -0.39 is 6.09 Å². The molecule has 0 unspecified atom stereocenters. The van der Waals surface area contributed by atoms with Gasteiger partial charge in [0.15, 0.2) is 0 Å². The van der Waals surface area contributed by atoms with Crippen LogP contribution in [0.3, 0.4) is 0 Å². The Morgan fingerprint density at radius 3 is 2.56 bits per heavy atom. The number of carbonyl (C=O) groups is 2. The molecule has 2 amide bonds. The highest BCUT2D eigenvalue weighted by molar-refractivity contribution is 5.78.